The molecular formula is C15H24N3O7P. The van der Waals surface area contributed by atoms with Crippen LogP contribution in [0.5, 0.6) is 0 Å². The zero-order chi connectivity index (χ0) is 20.3. The van der Waals surface area contributed by atoms with Crippen molar-refractivity contribution in [3.63, 3.8) is 0 Å². The molecule has 0 atom stereocenters. The Hall–Kier alpha value is -2.74. The second-order valence-corrected chi connectivity index (χ2v) is 6.90. The van der Waals surface area contributed by atoms with Crippen LogP contribution >= 0.6 is 7.82 Å². The highest BCUT2D eigenvalue weighted by molar-refractivity contribution is 7.48. The van der Waals surface area contributed by atoms with Gasteiger partial charge in [0.15, 0.2) is 0 Å². The molecule has 0 heterocycles. The number of rotatable bonds is 9. The highest BCUT2D eigenvalue weighted by Crippen LogP contribution is 2.50. The molecule has 10 nitrogen and oxygen atoms in total. The van der Waals surface area contributed by atoms with Crippen LogP contribution in [-0.2, 0) is 32.5 Å². The molecule has 0 radical (unpaired) electrons. The maximum Gasteiger partial charge on any atom is 0.645 e. The van der Waals surface area contributed by atoms with E-state index in [0.29, 0.717) is 0 Å². The lowest BCUT2D eigenvalue weighted by molar-refractivity contribution is -0.124. The van der Waals surface area contributed by atoms with E-state index in [1.54, 1.807) is 0 Å². The standard InChI is InChI=1S/C15H24N3O7P/c1-16(2)13(19)7-10-23-26(22,24-11-8-14(20)17(3)4)25-12-9-15(21)18(5)6/h7-12H,1-6H3/b10-7+,11-8+,12-9+. The largest absolute Gasteiger partial charge is 0.645 e. The molecule has 0 aromatic heterocycles. The van der Waals surface area contributed by atoms with Gasteiger partial charge in [-0.05, 0) is 0 Å². The van der Waals surface area contributed by atoms with Gasteiger partial charge in [-0.2, -0.15) is 4.57 Å². The van der Waals surface area contributed by atoms with Gasteiger partial charge in [-0.1, -0.05) is 0 Å². The number of hydrogen-bond donors (Lipinski definition) is 0. The van der Waals surface area contributed by atoms with Crippen molar-refractivity contribution in [2.24, 2.45) is 0 Å². The monoisotopic (exact) mass is 389 g/mol. The highest BCUT2D eigenvalue weighted by atomic mass is 31.2. The number of amides is 3. The summed E-state index contributed by atoms with van der Waals surface area (Å²) in [5, 5.41) is 0. The zero-order valence-corrected chi connectivity index (χ0v) is 16.5. The predicted molar refractivity (Wildman–Crippen MR) is 94.4 cm³/mol. The van der Waals surface area contributed by atoms with Crippen molar-refractivity contribution in [3.05, 3.63) is 37.0 Å². The van der Waals surface area contributed by atoms with Crippen molar-refractivity contribution in [2.45, 2.75) is 0 Å². The van der Waals surface area contributed by atoms with Crippen LogP contribution in [0, 0.1) is 0 Å². The Bertz CT molecular complexity index is 554. The summed E-state index contributed by atoms with van der Waals surface area (Å²) in [6.45, 7) is 0. The van der Waals surface area contributed by atoms with Gasteiger partial charge in [0.05, 0.1) is 0 Å². The summed E-state index contributed by atoms with van der Waals surface area (Å²) >= 11 is 0. The van der Waals surface area contributed by atoms with Gasteiger partial charge in [-0.25, -0.2) is 0 Å². The van der Waals surface area contributed by atoms with Crippen LogP contribution in [0.3, 0.4) is 0 Å². The van der Waals surface area contributed by atoms with Gasteiger partial charge >= 0.3 is 7.82 Å². The van der Waals surface area contributed by atoms with Gasteiger partial charge < -0.3 is 28.3 Å². The Morgan fingerprint density at radius 3 is 1.04 bits per heavy atom. The average Bonchev–Trinajstić information content (AvgIpc) is 2.54. The molecule has 0 spiro atoms. The molecule has 11 heteroatoms. The van der Waals surface area contributed by atoms with Crippen molar-refractivity contribution in [3.8, 4) is 0 Å². The first-order valence-electron chi connectivity index (χ1n) is 7.27. The number of phosphoric acid groups is 1. The second-order valence-electron chi connectivity index (χ2n) is 5.37. The van der Waals surface area contributed by atoms with E-state index in [4.69, 9.17) is 13.6 Å². The molecule has 0 aliphatic heterocycles. The van der Waals surface area contributed by atoms with Gasteiger partial charge in [0.25, 0.3) is 0 Å². The van der Waals surface area contributed by atoms with E-state index in [0.717, 1.165) is 37.0 Å². The Kier molecular flexibility index (Phi) is 9.83. The fourth-order valence-corrected chi connectivity index (χ4v) is 1.79. The molecule has 0 aliphatic rings. The molecule has 0 rings (SSSR count). The lowest BCUT2D eigenvalue weighted by Crippen LogP contribution is -2.19. The van der Waals surface area contributed by atoms with E-state index in [2.05, 4.69) is 0 Å². The number of likely N-dealkylation sites (N-methyl/N-ethyl adjacent to an activating group) is 3. The number of carbonyl (C=O) groups excluding carboxylic acids is 3. The van der Waals surface area contributed by atoms with E-state index in [1.807, 2.05) is 0 Å². The van der Waals surface area contributed by atoms with Gasteiger partial charge in [0.1, 0.15) is 18.8 Å². The molecule has 0 aromatic carbocycles. The zero-order valence-electron chi connectivity index (χ0n) is 15.6. The van der Waals surface area contributed by atoms with E-state index in [-0.39, 0.29) is 0 Å². The lowest BCUT2D eigenvalue weighted by Gasteiger charge is -2.14. The number of nitrogens with zero attached hydrogens (tertiary/aromatic N) is 3. The fraction of sp³-hybridized carbons (Fsp3) is 0.400. The minimum Gasteiger partial charge on any atom is -0.394 e. The smallest absolute Gasteiger partial charge is 0.394 e. The Morgan fingerprint density at radius 1 is 0.615 bits per heavy atom. The molecule has 0 fully saturated rings. The molecule has 0 saturated carbocycles. The van der Waals surface area contributed by atoms with Crippen LogP contribution in [0.4, 0.5) is 0 Å². The topological polar surface area (TPSA) is 106 Å². The highest BCUT2D eigenvalue weighted by Gasteiger charge is 2.28. The lowest BCUT2D eigenvalue weighted by atomic mass is 10.5. The molecule has 0 N–H and O–H groups in total. The van der Waals surface area contributed by atoms with Crippen LogP contribution in [0.1, 0.15) is 0 Å². The third-order valence-electron chi connectivity index (χ3n) is 2.52. The molecule has 0 saturated heterocycles. The first-order valence-corrected chi connectivity index (χ1v) is 8.73. The minimum atomic E-state index is -4.25. The van der Waals surface area contributed by atoms with Crippen molar-refractivity contribution in [1.82, 2.24) is 14.7 Å². The quantitative estimate of drug-likeness (QED) is 0.328. The normalized spacial score (nSPS) is 11.6. The van der Waals surface area contributed by atoms with Crippen LogP contribution in [0.2, 0.25) is 0 Å². The van der Waals surface area contributed by atoms with Crippen molar-refractivity contribution >= 4 is 25.5 Å². The van der Waals surface area contributed by atoms with Crippen molar-refractivity contribution in [2.75, 3.05) is 42.3 Å². The Labute approximate surface area is 152 Å². The fourth-order valence-electron chi connectivity index (χ4n) is 1.01. The van der Waals surface area contributed by atoms with Crippen molar-refractivity contribution < 1.29 is 32.5 Å². The second kappa shape index (κ2) is 11.0. The Balaban J connectivity index is 5.12. The number of carbonyl (C=O) groups is 3. The van der Waals surface area contributed by atoms with Crippen LogP contribution in [0.25, 0.3) is 0 Å². The summed E-state index contributed by atoms with van der Waals surface area (Å²) in [5.74, 6) is -1.27. The third kappa shape index (κ3) is 9.53. The average molecular weight is 389 g/mol. The molecule has 146 valence electrons. The summed E-state index contributed by atoms with van der Waals surface area (Å²) in [6, 6.07) is 0. The predicted octanol–water partition coefficient (Wildman–Crippen LogP) is 0.950. The Morgan fingerprint density at radius 2 is 0.846 bits per heavy atom. The molecule has 0 unspecified atom stereocenters. The summed E-state index contributed by atoms with van der Waals surface area (Å²) in [7, 11) is 4.86. The SMILES string of the molecule is CN(C)C(=O)/C=C/OP(=O)(O/C=C/C(=O)N(C)C)O/C=C/C(=O)N(C)C. The molecular weight excluding hydrogens is 365 g/mol. The summed E-state index contributed by atoms with van der Waals surface area (Å²) in [6.07, 6.45) is 5.53. The molecule has 3 amide bonds. The van der Waals surface area contributed by atoms with Crippen LogP contribution in [0.15, 0.2) is 37.0 Å². The van der Waals surface area contributed by atoms with E-state index < -0.39 is 25.5 Å². The summed E-state index contributed by atoms with van der Waals surface area (Å²) < 4.78 is 27.1. The van der Waals surface area contributed by atoms with Gasteiger partial charge in [0.2, 0.25) is 17.7 Å². The number of hydrogen-bond acceptors (Lipinski definition) is 7. The maximum atomic E-state index is 12.5. The molecule has 26 heavy (non-hydrogen) atoms. The van der Waals surface area contributed by atoms with Gasteiger partial charge in [-0.3, -0.25) is 14.4 Å². The minimum absolute atomic E-state index is 0.423. The number of phosphoric ester groups is 1. The first-order chi connectivity index (χ1) is 12.0. The van der Waals surface area contributed by atoms with E-state index in [9.17, 15) is 18.9 Å². The van der Waals surface area contributed by atoms with Gasteiger partial charge in [0, 0.05) is 60.5 Å². The van der Waals surface area contributed by atoms with E-state index in [1.165, 1.54) is 57.0 Å². The van der Waals surface area contributed by atoms with E-state index >= 15 is 0 Å². The van der Waals surface area contributed by atoms with Crippen molar-refractivity contribution in [1.29, 1.82) is 0 Å². The summed E-state index contributed by atoms with van der Waals surface area (Å²) in [5.41, 5.74) is 0. The summed E-state index contributed by atoms with van der Waals surface area (Å²) in [4.78, 5) is 38.1. The first kappa shape index (κ1) is 23.3. The third-order valence-corrected chi connectivity index (χ3v) is 3.66. The van der Waals surface area contributed by atoms with Crippen LogP contribution in [-0.4, -0.2) is 74.7 Å². The maximum absolute atomic E-state index is 12.5. The molecule has 0 bridgehead atoms. The molecule has 0 aromatic rings. The van der Waals surface area contributed by atoms with Crippen LogP contribution < -0.4 is 0 Å². The van der Waals surface area contributed by atoms with Gasteiger partial charge in [-0.15, -0.1) is 0 Å². The molecule has 0 aliphatic carbocycles.